The summed E-state index contributed by atoms with van der Waals surface area (Å²) in [5.74, 6) is 0.120. The number of methoxy groups -OCH3 is 1. The molecule has 0 saturated carbocycles. The molecule has 16 heavy (non-hydrogen) atoms. The topological polar surface area (TPSA) is 35.5 Å². The number of benzene rings is 1. The summed E-state index contributed by atoms with van der Waals surface area (Å²) < 4.78 is 11.1. The standard InChI is InChI=1S/C12H15BrO3/c1-4-16-12(14)8(2)9-6-5-7-10(13)11(9)15-3/h5-8H,4H2,1-3H3. The quantitative estimate of drug-likeness (QED) is 0.798. The molecule has 0 heterocycles. The number of para-hydroxylation sites is 1. The van der Waals surface area contributed by atoms with Crippen molar-refractivity contribution in [2.24, 2.45) is 0 Å². The molecule has 0 aliphatic rings. The fourth-order valence-corrected chi connectivity index (χ4v) is 2.02. The van der Waals surface area contributed by atoms with Crippen molar-refractivity contribution in [2.45, 2.75) is 19.8 Å². The summed E-state index contributed by atoms with van der Waals surface area (Å²) in [6.07, 6.45) is 0. The van der Waals surface area contributed by atoms with Crippen LogP contribution in [0, 0.1) is 0 Å². The molecule has 0 aromatic heterocycles. The highest BCUT2D eigenvalue weighted by atomic mass is 79.9. The van der Waals surface area contributed by atoms with Crippen LogP contribution in [0.5, 0.6) is 5.75 Å². The van der Waals surface area contributed by atoms with Gasteiger partial charge in [0.15, 0.2) is 0 Å². The molecule has 0 saturated heterocycles. The van der Waals surface area contributed by atoms with Crippen molar-refractivity contribution < 1.29 is 14.3 Å². The molecular weight excluding hydrogens is 272 g/mol. The predicted octanol–water partition coefficient (Wildman–Crippen LogP) is 3.12. The molecule has 0 fully saturated rings. The molecule has 1 aromatic rings. The second-order valence-electron chi connectivity index (χ2n) is 3.34. The third-order valence-electron chi connectivity index (χ3n) is 2.31. The molecule has 0 bridgehead atoms. The summed E-state index contributed by atoms with van der Waals surface area (Å²) in [4.78, 5) is 11.6. The number of carbonyl (C=O) groups excluding carboxylic acids is 1. The van der Waals surface area contributed by atoms with E-state index in [1.54, 1.807) is 14.0 Å². The lowest BCUT2D eigenvalue weighted by Crippen LogP contribution is -2.13. The van der Waals surface area contributed by atoms with Crippen LogP contribution < -0.4 is 4.74 Å². The van der Waals surface area contributed by atoms with Crippen molar-refractivity contribution in [3.63, 3.8) is 0 Å². The fourth-order valence-electron chi connectivity index (χ4n) is 1.48. The van der Waals surface area contributed by atoms with Crippen molar-refractivity contribution in [2.75, 3.05) is 13.7 Å². The van der Waals surface area contributed by atoms with Gasteiger partial charge < -0.3 is 9.47 Å². The van der Waals surface area contributed by atoms with E-state index in [-0.39, 0.29) is 11.9 Å². The highest BCUT2D eigenvalue weighted by molar-refractivity contribution is 9.10. The molecular formula is C12H15BrO3. The summed E-state index contributed by atoms with van der Waals surface area (Å²) in [7, 11) is 1.58. The maximum Gasteiger partial charge on any atom is 0.313 e. The summed E-state index contributed by atoms with van der Waals surface area (Å²) in [6, 6.07) is 5.61. The third-order valence-corrected chi connectivity index (χ3v) is 2.93. The van der Waals surface area contributed by atoms with E-state index in [1.807, 2.05) is 25.1 Å². The molecule has 1 atom stereocenters. The van der Waals surface area contributed by atoms with Gasteiger partial charge in [-0.25, -0.2) is 0 Å². The normalized spacial score (nSPS) is 12.0. The predicted molar refractivity (Wildman–Crippen MR) is 65.7 cm³/mol. The van der Waals surface area contributed by atoms with Crippen LogP contribution in [-0.2, 0) is 9.53 Å². The first kappa shape index (κ1) is 13.0. The zero-order valence-corrected chi connectivity index (χ0v) is 11.2. The number of rotatable bonds is 4. The minimum Gasteiger partial charge on any atom is -0.495 e. The van der Waals surface area contributed by atoms with Gasteiger partial charge in [-0.15, -0.1) is 0 Å². The van der Waals surface area contributed by atoms with Gasteiger partial charge in [-0.3, -0.25) is 4.79 Å². The molecule has 0 aliphatic carbocycles. The molecule has 88 valence electrons. The highest BCUT2D eigenvalue weighted by Gasteiger charge is 2.21. The number of hydrogen-bond acceptors (Lipinski definition) is 3. The molecule has 1 rings (SSSR count). The molecule has 1 aromatic carbocycles. The van der Waals surface area contributed by atoms with E-state index in [4.69, 9.17) is 9.47 Å². The van der Waals surface area contributed by atoms with Gasteiger partial charge in [0.2, 0.25) is 0 Å². The lowest BCUT2D eigenvalue weighted by molar-refractivity contribution is -0.144. The maximum absolute atomic E-state index is 11.6. The minimum atomic E-state index is -0.326. The number of hydrogen-bond donors (Lipinski definition) is 0. The first-order chi connectivity index (χ1) is 7.61. The summed E-state index contributed by atoms with van der Waals surface area (Å²) in [5, 5.41) is 0. The van der Waals surface area contributed by atoms with E-state index in [2.05, 4.69) is 15.9 Å². The van der Waals surface area contributed by atoms with E-state index >= 15 is 0 Å². The smallest absolute Gasteiger partial charge is 0.313 e. The molecule has 0 aliphatic heterocycles. The summed E-state index contributed by atoms with van der Waals surface area (Å²) in [6.45, 7) is 3.99. The van der Waals surface area contributed by atoms with Crippen LogP contribution in [0.3, 0.4) is 0 Å². The van der Waals surface area contributed by atoms with E-state index in [0.29, 0.717) is 12.4 Å². The Bertz CT molecular complexity index is 377. The van der Waals surface area contributed by atoms with Crippen LogP contribution >= 0.6 is 15.9 Å². The van der Waals surface area contributed by atoms with Gasteiger partial charge in [0.25, 0.3) is 0 Å². The van der Waals surface area contributed by atoms with Gasteiger partial charge in [0.05, 0.1) is 24.1 Å². The lowest BCUT2D eigenvalue weighted by Gasteiger charge is -2.15. The van der Waals surface area contributed by atoms with E-state index in [1.165, 1.54) is 0 Å². The first-order valence-corrected chi connectivity index (χ1v) is 5.90. The monoisotopic (exact) mass is 286 g/mol. The van der Waals surface area contributed by atoms with Gasteiger partial charge in [-0.05, 0) is 35.8 Å². The summed E-state index contributed by atoms with van der Waals surface area (Å²) in [5.41, 5.74) is 0.829. The van der Waals surface area contributed by atoms with E-state index in [9.17, 15) is 4.79 Å². The lowest BCUT2D eigenvalue weighted by atomic mass is 10.0. The molecule has 1 unspecified atom stereocenters. The van der Waals surface area contributed by atoms with Gasteiger partial charge in [-0.2, -0.15) is 0 Å². The average Bonchev–Trinajstić information content (AvgIpc) is 2.28. The minimum absolute atomic E-state index is 0.237. The van der Waals surface area contributed by atoms with Crippen molar-refractivity contribution in [3.8, 4) is 5.75 Å². The molecule has 0 radical (unpaired) electrons. The number of halogens is 1. The SMILES string of the molecule is CCOC(=O)C(C)c1cccc(Br)c1OC. The second kappa shape index (κ2) is 5.89. The average molecular weight is 287 g/mol. The molecule has 0 N–H and O–H groups in total. The molecule has 4 heteroatoms. The Hall–Kier alpha value is -1.03. The van der Waals surface area contributed by atoms with Crippen LogP contribution in [-0.4, -0.2) is 19.7 Å². The number of carbonyl (C=O) groups is 1. The fraction of sp³-hybridized carbons (Fsp3) is 0.417. The van der Waals surface area contributed by atoms with Gasteiger partial charge in [0, 0.05) is 5.56 Å². The Morgan fingerprint density at radius 2 is 2.19 bits per heavy atom. The van der Waals surface area contributed by atoms with Crippen molar-refractivity contribution in [1.29, 1.82) is 0 Å². The Labute approximate surface area is 104 Å². The van der Waals surface area contributed by atoms with Gasteiger partial charge in [0.1, 0.15) is 5.75 Å². The van der Waals surface area contributed by atoms with Crippen molar-refractivity contribution in [1.82, 2.24) is 0 Å². The number of esters is 1. The maximum atomic E-state index is 11.6. The molecule has 3 nitrogen and oxygen atoms in total. The first-order valence-electron chi connectivity index (χ1n) is 5.10. The Morgan fingerprint density at radius 1 is 1.50 bits per heavy atom. The number of ether oxygens (including phenoxy) is 2. The second-order valence-corrected chi connectivity index (χ2v) is 4.19. The van der Waals surface area contributed by atoms with Crippen molar-refractivity contribution >= 4 is 21.9 Å². The van der Waals surface area contributed by atoms with Crippen LogP contribution in [0.2, 0.25) is 0 Å². The van der Waals surface area contributed by atoms with Crippen LogP contribution in [0.15, 0.2) is 22.7 Å². The Morgan fingerprint density at radius 3 is 2.75 bits per heavy atom. The van der Waals surface area contributed by atoms with Crippen LogP contribution in [0.4, 0.5) is 0 Å². The van der Waals surface area contributed by atoms with Crippen LogP contribution in [0.25, 0.3) is 0 Å². The van der Waals surface area contributed by atoms with Crippen molar-refractivity contribution in [3.05, 3.63) is 28.2 Å². The van der Waals surface area contributed by atoms with Gasteiger partial charge >= 0.3 is 5.97 Å². The third kappa shape index (κ3) is 2.76. The zero-order chi connectivity index (χ0) is 12.1. The van der Waals surface area contributed by atoms with E-state index < -0.39 is 0 Å². The Kier molecular flexibility index (Phi) is 4.80. The largest absolute Gasteiger partial charge is 0.495 e. The molecule has 0 amide bonds. The summed E-state index contributed by atoms with van der Waals surface area (Å²) >= 11 is 3.39. The van der Waals surface area contributed by atoms with Gasteiger partial charge in [-0.1, -0.05) is 12.1 Å². The van der Waals surface area contributed by atoms with E-state index in [0.717, 1.165) is 10.0 Å². The zero-order valence-electron chi connectivity index (χ0n) is 9.62. The highest BCUT2D eigenvalue weighted by Crippen LogP contribution is 2.34. The Balaban J connectivity index is 3.03. The molecule has 0 spiro atoms. The van der Waals surface area contributed by atoms with Crippen LogP contribution in [0.1, 0.15) is 25.3 Å².